The molecule has 0 spiro atoms. The Hall–Kier alpha value is -2.56. The van der Waals surface area contributed by atoms with Crippen LogP contribution in [-0.2, 0) is 4.79 Å². The molecular formula is C23H27FN2O2. The number of anilines is 1. The molecule has 2 aliphatic heterocycles. The number of carbonyl (C=O) groups is 1. The first-order chi connectivity index (χ1) is 13.5. The number of fused-ring (bicyclic) bond motifs is 1. The van der Waals surface area contributed by atoms with E-state index in [0.717, 1.165) is 31.5 Å². The summed E-state index contributed by atoms with van der Waals surface area (Å²) in [4.78, 5) is 17.3. The van der Waals surface area contributed by atoms with E-state index in [2.05, 4.69) is 18.7 Å². The molecule has 4 nitrogen and oxygen atoms in total. The van der Waals surface area contributed by atoms with Gasteiger partial charge < -0.3 is 14.5 Å². The Morgan fingerprint density at radius 1 is 1.11 bits per heavy atom. The number of rotatable bonds is 4. The maximum Gasteiger partial charge on any atom is 0.260 e. The SMILES string of the molecule is CC1(C)C[C@H]2[C@H](CCCN2C(=O)COc2ccccc2)N1c1ccc(F)cc1. The van der Waals surface area contributed by atoms with E-state index in [1.807, 2.05) is 47.4 Å². The van der Waals surface area contributed by atoms with Gasteiger partial charge in [0.1, 0.15) is 11.6 Å². The Bertz CT molecular complexity index is 822. The third-order valence-corrected chi connectivity index (χ3v) is 5.97. The molecule has 0 N–H and O–H groups in total. The smallest absolute Gasteiger partial charge is 0.260 e. The van der Waals surface area contributed by atoms with Crippen molar-refractivity contribution in [1.82, 2.24) is 4.90 Å². The van der Waals surface area contributed by atoms with Gasteiger partial charge in [0.15, 0.2) is 6.61 Å². The summed E-state index contributed by atoms with van der Waals surface area (Å²) in [6, 6.07) is 16.6. The van der Waals surface area contributed by atoms with Crippen molar-refractivity contribution in [3.8, 4) is 5.75 Å². The Balaban J connectivity index is 1.51. The molecule has 0 radical (unpaired) electrons. The molecule has 5 heteroatoms. The fourth-order valence-electron chi connectivity index (χ4n) is 4.84. The lowest BCUT2D eigenvalue weighted by Crippen LogP contribution is -2.53. The lowest BCUT2D eigenvalue weighted by molar-refractivity contribution is -0.137. The summed E-state index contributed by atoms with van der Waals surface area (Å²) >= 11 is 0. The minimum absolute atomic E-state index is 0.0373. The highest BCUT2D eigenvalue weighted by atomic mass is 19.1. The van der Waals surface area contributed by atoms with Crippen LogP contribution in [0.25, 0.3) is 0 Å². The third kappa shape index (κ3) is 3.58. The molecule has 0 aromatic heterocycles. The Morgan fingerprint density at radius 3 is 2.54 bits per heavy atom. The standard InChI is InChI=1S/C23H27FN2O2/c1-23(2)15-21-20(26(23)18-12-10-17(24)11-13-18)9-6-14-25(21)22(27)16-28-19-7-4-3-5-8-19/h3-5,7-8,10-13,20-21H,6,9,14-16H2,1-2H3/t20-,21-/m0/s1. The third-order valence-electron chi connectivity index (χ3n) is 5.97. The quantitative estimate of drug-likeness (QED) is 0.792. The lowest BCUT2D eigenvalue weighted by Gasteiger charge is -2.42. The van der Waals surface area contributed by atoms with E-state index in [1.165, 1.54) is 12.1 Å². The Kier molecular flexibility index (Phi) is 5.00. The second-order valence-corrected chi connectivity index (χ2v) is 8.33. The van der Waals surface area contributed by atoms with Gasteiger partial charge in [-0.2, -0.15) is 0 Å². The van der Waals surface area contributed by atoms with Crippen LogP contribution in [0.4, 0.5) is 10.1 Å². The van der Waals surface area contributed by atoms with Crippen molar-refractivity contribution in [2.75, 3.05) is 18.1 Å². The van der Waals surface area contributed by atoms with Crippen molar-refractivity contribution in [2.24, 2.45) is 0 Å². The maximum atomic E-state index is 13.4. The van der Waals surface area contributed by atoms with E-state index in [1.54, 1.807) is 0 Å². The van der Waals surface area contributed by atoms with Crippen LogP contribution in [0, 0.1) is 5.82 Å². The fraction of sp³-hybridized carbons (Fsp3) is 0.435. The molecule has 1 amide bonds. The van der Waals surface area contributed by atoms with Crippen molar-refractivity contribution in [2.45, 2.75) is 50.7 Å². The van der Waals surface area contributed by atoms with Gasteiger partial charge in [-0.05, 0) is 69.5 Å². The average Bonchev–Trinajstić information content (AvgIpc) is 2.97. The Morgan fingerprint density at radius 2 is 1.82 bits per heavy atom. The highest BCUT2D eigenvalue weighted by Crippen LogP contribution is 2.43. The van der Waals surface area contributed by atoms with Crippen LogP contribution in [0.2, 0.25) is 0 Å². The zero-order chi connectivity index (χ0) is 19.7. The highest BCUT2D eigenvalue weighted by Gasteiger charge is 2.50. The number of carbonyl (C=O) groups excluding carboxylic acids is 1. The van der Waals surface area contributed by atoms with Gasteiger partial charge in [-0.1, -0.05) is 18.2 Å². The van der Waals surface area contributed by atoms with Gasteiger partial charge in [-0.3, -0.25) is 4.79 Å². The van der Waals surface area contributed by atoms with E-state index in [-0.39, 0.29) is 36.0 Å². The molecule has 2 fully saturated rings. The maximum absolute atomic E-state index is 13.4. The number of para-hydroxylation sites is 1. The van der Waals surface area contributed by atoms with Gasteiger partial charge in [0.05, 0.1) is 12.1 Å². The van der Waals surface area contributed by atoms with E-state index in [9.17, 15) is 9.18 Å². The first-order valence-corrected chi connectivity index (χ1v) is 9.98. The highest BCUT2D eigenvalue weighted by molar-refractivity contribution is 5.78. The van der Waals surface area contributed by atoms with Crippen molar-refractivity contribution in [1.29, 1.82) is 0 Å². The number of halogens is 1. The predicted octanol–water partition coefficient (Wildman–Crippen LogP) is 4.25. The lowest BCUT2D eigenvalue weighted by atomic mass is 9.94. The predicted molar refractivity (Wildman–Crippen MR) is 108 cm³/mol. The number of hydrogen-bond acceptors (Lipinski definition) is 3. The summed E-state index contributed by atoms with van der Waals surface area (Å²) in [6.45, 7) is 5.24. The van der Waals surface area contributed by atoms with Crippen LogP contribution in [0.5, 0.6) is 5.75 Å². The van der Waals surface area contributed by atoms with Crippen molar-refractivity contribution < 1.29 is 13.9 Å². The molecule has 2 aromatic rings. The van der Waals surface area contributed by atoms with Gasteiger partial charge in [0, 0.05) is 17.8 Å². The van der Waals surface area contributed by atoms with Gasteiger partial charge in [0.25, 0.3) is 5.91 Å². The molecule has 2 aliphatic rings. The Labute approximate surface area is 165 Å². The summed E-state index contributed by atoms with van der Waals surface area (Å²) in [6.07, 6.45) is 2.90. The van der Waals surface area contributed by atoms with Crippen LogP contribution in [-0.4, -0.2) is 41.6 Å². The molecule has 0 aliphatic carbocycles. The number of likely N-dealkylation sites (tertiary alicyclic amines) is 1. The zero-order valence-corrected chi connectivity index (χ0v) is 16.5. The first kappa shape index (κ1) is 18.8. The molecule has 2 atom stereocenters. The minimum Gasteiger partial charge on any atom is -0.484 e. The fourth-order valence-corrected chi connectivity index (χ4v) is 4.84. The summed E-state index contributed by atoms with van der Waals surface area (Å²) < 4.78 is 19.1. The van der Waals surface area contributed by atoms with Crippen LogP contribution < -0.4 is 9.64 Å². The van der Waals surface area contributed by atoms with E-state index >= 15 is 0 Å². The first-order valence-electron chi connectivity index (χ1n) is 9.98. The number of benzene rings is 2. The van der Waals surface area contributed by atoms with Gasteiger partial charge in [-0.15, -0.1) is 0 Å². The second-order valence-electron chi connectivity index (χ2n) is 8.33. The molecule has 28 heavy (non-hydrogen) atoms. The van der Waals surface area contributed by atoms with Gasteiger partial charge >= 0.3 is 0 Å². The van der Waals surface area contributed by atoms with Crippen molar-refractivity contribution in [3.63, 3.8) is 0 Å². The summed E-state index contributed by atoms with van der Waals surface area (Å²) in [5.74, 6) is 0.523. The summed E-state index contributed by atoms with van der Waals surface area (Å²) in [7, 11) is 0. The molecule has 0 saturated carbocycles. The number of hydrogen-bond donors (Lipinski definition) is 0. The molecule has 148 valence electrons. The van der Waals surface area contributed by atoms with E-state index in [0.29, 0.717) is 5.75 Å². The second kappa shape index (κ2) is 7.46. The van der Waals surface area contributed by atoms with Crippen LogP contribution in [0.15, 0.2) is 54.6 Å². The van der Waals surface area contributed by atoms with Gasteiger partial charge in [-0.25, -0.2) is 4.39 Å². The van der Waals surface area contributed by atoms with E-state index < -0.39 is 0 Å². The van der Waals surface area contributed by atoms with Crippen LogP contribution >= 0.6 is 0 Å². The number of ether oxygens (including phenoxy) is 1. The van der Waals surface area contributed by atoms with E-state index in [4.69, 9.17) is 4.74 Å². The summed E-state index contributed by atoms with van der Waals surface area (Å²) in [5, 5.41) is 0. The van der Waals surface area contributed by atoms with Crippen LogP contribution in [0.3, 0.4) is 0 Å². The number of amides is 1. The minimum atomic E-state index is -0.226. The molecule has 2 saturated heterocycles. The largest absolute Gasteiger partial charge is 0.484 e. The summed E-state index contributed by atoms with van der Waals surface area (Å²) in [5.41, 5.74) is 0.921. The normalized spacial score (nSPS) is 23.4. The van der Waals surface area contributed by atoms with Crippen LogP contribution in [0.1, 0.15) is 33.1 Å². The molecule has 4 rings (SSSR count). The number of piperidine rings is 1. The molecular weight excluding hydrogens is 355 g/mol. The zero-order valence-electron chi connectivity index (χ0n) is 16.5. The monoisotopic (exact) mass is 382 g/mol. The molecule has 0 unspecified atom stereocenters. The molecule has 2 aromatic carbocycles. The topological polar surface area (TPSA) is 32.8 Å². The molecule has 2 heterocycles. The average molecular weight is 382 g/mol. The van der Waals surface area contributed by atoms with Crippen molar-refractivity contribution in [3.05, 3.63) is 60.4 Å². The molecule has 0 bridgehead atoms. The van der Waals surface area contributed by atoms with Gasteiger partial charge in [0.2, 0.25) is 0 Å². The van der Waals surface area contributed by atoms with Crippen molar-refractivity contribution >= 4 is 11.6 Å². The number of nitrogens with zero attached hydrogens (tertiary/aromatic N) is 2.